The molecule has 0 unspecified atom stereocenters. The molecule has 5 nitrogen and oxygen atoms in total. The second-order valence-electron chi connectivity index (χ2n) is 10.3. The molecule has 0 aliphatic carbocycles. The minimum Gasteiger partial charge on any atom is -0.413 e. The van der Waals surface area contributed by atoms with E-state index in [1.807, 2.05) is 42.2 Å². The molecule has 2 aliphatic rings. The zero-order valence-electron chi connectivity index (χ0n) is 20.9. The van der Waals surface area contributed by atoms with Crippen molar-refractivity contribution < 1.29 is 14.0 Å². The van der Waals surface area contributed by atoms with E-state index < -0.39 is 8.32 Å². The molecule has 1 aromatic carbocycles. The molecule has 33 heavy (non-hydrogen) atoms. The molecule has 2 aliphatic heterocycles. The largest absolute Gasteiger partial charge is 0.413 e. The second kappa shape index (κ2) is 10.6. The number of hydrogen-bond acceptors (Lipinski definition) is 5. The van der Waals surface area contributed by atoms with Gasteiger partial charge in [-0.05, 0) is 37.0 Å². The maximum Gasteiger partial charge on any atom is 0.236 e. The highest BCUT2D eigenvalue weighted by molar-refractivity contribution is 8.22. The maximum atomic E-state index is 13.1. The van der Waals surface area contributed by atoms with Crippen molar-refractivity contribution in [2.24, 2.45) is 5.92 Å². The van der Waals surface area contributed by atoms with Crippen LogP contribution in [0.4, 0.5) is 0 Å². The fraction of sp³-hybridized carbons (Fsp3) is 0.600. The number of nitrogens with one attached hydrogen (secondary N) is 1. The average Bonchev–Trinajstić information content (AvgIpc) is 3.03. The highest BCUT2D eigenvalue weighted by Gasteiger charge is 2.57. The Hall–Kier alpha value is -1.22. The van der Waals surface area contributed by atoms with Gasteiger partial charge in [0.2, 0.25) is 11.8 Å². The monoisotopic (exact) mass is 506 g/mol. The molecule has 2 amide bonds. The first-order chi connectivity index (χ1) is 15.5. The van der Waals surface area contributed by atoms with Crippen LogP contribution < -0.4 is 5.32 Å². The number of carbonyl (C=O) groups excluding carboxylic acids is 2. The molecule has 182 valence electrons. The Morgan fingerprint density at radius 3 is 2.55 bits per heavy atom. The van der Waals surface area contributed by atoms with E-state index in [4.69, 9.17) is 4.43 Å². The van der Waals surface area contributed by atoms with Crippen LogP contribution in [0.3, 0.4) is 0 Å². The summed E-state index contributed by atoms with van der Waals surface area (Å²) in [5, 5.41) is 3.23. The number of rotatable bonds is 10. The smallest absolute Gasteiger partial charge is 0.236 e. The SMILES string of the molecule is CC[C@H](O[Si](C)(C)C(C)(C)C)[C@@H]1C(=O)N2C(C)=C(SCCC(=O)NCc3ccccc3)S[C@H]12. The Labute approximate surface area is 208 Å². The van der Waals surface area contributed by atoms with Crippen molar-refractivity contribution >= 4 is 43.7 Å². The molecule has 1 saturated heterocycles. The Balaban J connectivity index is 1.51. The van der Waals surface area contributed by atoms with Gasteiger partial charge >= 0.3 is 0 Å². The predicted molar refractivity (Wildman–Crippen MR) is 142 cm³/mol. The highest BCUT2D eigenvalue weighted by atomic mass is 32.2. The summed E-state index contributed by atoms with van der Waals surface area (Å²) in [5.41, 5.74) is 2.13. The predicted octanol–water partition coefficient (Wildman–Crippen LogP) is 5.95. The number of hydrogen-bond donors (Lipinski definition) is 1. The highest BCUT2D eigenvalue weighted by Crippen LogP contribution is 2.54. The molecule has 0 aromatic heterocycles. The van der Waals surface area contributed by atoms with Gasteiger partial charge < -0.3 is 14.6 Å². The average molecular weight is 507 g/mol. The van der Waals surface area contributed by atoms with Crippen molar-refractivity contribution in [2.45, 2.75) is 83.6 Å². The number of fused-ring (bicyclic) bond motifs is 1. The molecule has 1 N–H and O–H groups in total. The number of allylic oxidation sites excluding steroid dienone is 1. The number of amides is 2. The third-order valence-electron chi connectivity index (χ3n) is 6.92. The van der Waals surface area contributed by atoms with Crippen molar-refractivity contribution in [3.8, 4) is 0 Å². The Bertz CT molecular complexity index is 899. The summed E-state index contributed by atoms with van der Waals surface area (Å²) in [6.07, 6.45) is 1.27. The van der Waals surface area contributed by atoms with E-state index in [1.54, 1.807) is 23.5 Å². The topological polar surface area (TPSA) is 58.6 Å². The van der Waals surface area contributed by atoms with Gasteiger partial charge in [0.15, 0.2) is 8.32 Å². The summed E-state index contributed by atoms with van der Waals surface area (Å²) in [5.74, 6) is 0.860. The van der Waals surface area contributed by atoms with E-state index in [0.29, 0.717) is 18.7 Å². The lowest BCUT2D eigenvalue weighted by Gasteiger charge is -2.49. The lowest BCUT2D eigenvalue weighted by molar-refractivity contribution is -0.152. The van der Waals surface area contributed by atoms with Crippen LogP contribution in [0.2, 0.25) is 18.1 Å². The lowest BCUT2D eigenvalue weighted by atomic mass is 9.90. The minimum absolute atomic E-state index is 0.0342. The third-order valence-corrected chi connectivity index (χ3v) is 14.3. The molecule has 0 spiro atoms. The maximum absolute atomic E-state index is 13.1. The van der Waals surface area contributed by atoms with Crippen molar-refractivity contribution in [3.63, 3.8) is 0 Å². The summed E-state index contributed by atoms with van der Waals surface area (Å²) >= 11 is 3.46. The normalized spacial score (nSPS) is 21.7. The van der Waals surface area contributed by atoms with Crippen LogP contribution in [0.25, 0.3) is 0 Å². The van der Waals surface area contributed by atoms with Gasteiger partial charge in [0.1, 0.15) is 5.37 Å². The number of benzene rings is 1. The molecule has 2 heterocycles. The fourth-order valence-electron chi connectivity index (χ4n) is 3.83. The molecule has 0 bridgehead atoms. The van der Waals surface area contributed by atoms with Crippen LogP contribution in [-0.2, 0) is 20.6 Å². The first kappa shape index (κ1) is 26.4. The molecular weight excluding hydrogens is 469 g/mol. The van der Waals surface area contributed by atoms with Crippen molar-refractivity contribution in [1.82, 2.24) is 10.2 Å². The summed E-state index contributed by atoms with van der Waals surface area (Å²) in [7, 11) is -1.95. The van der Waals surface area contributed by atoms with Crippen LogP contribution in [-0.4, -0.2) is 42.3 Å². The van der Waals surface area contributed by atoms with Gasteiger partial charge in [0.05, 0.1) is 16.3 Å². The summed E-state index contributed by atoms with van der Waals surface area (Å²) in [6, 6.07) is 9.94. The third kappa shape index (κ3) is 5.89. The Morgan fingerprint density at radius 1 is 1.27 bits per heavy atom. The Morgan fingerprint density at radius 2 is 1.94 bits per heavy atom. The quantitative estimate of drug-likeness (QED) is 0.314. The molecular formula is C25H38N2O3S2Si. The standard InChI is InChI=1S/C25H38N2O3S2Si/c1-8-19(30-33(6,7)25(3,4)5)21-22(29)27-17(2)24(32-23(21)27)31-15-14-20(28)26-16-18-12-10-9-11-13-18/h9-13,19,21,23H,8,14-16H2,1-7H3,(H,26,28)/t19-,21+,23+/m0/s1. The molecule has 8 heteroatoms. The van der Waals surface area contributed by atoms with Gasteiger partial charge in [-0.15, -0.1) is 11.8 Å². The summed E-state index contributed by atoms with van der Waals surface area (Å²) < 4.78 is 7.84. The first-order valence-corrected chi connectivity index (χ1v) is 16.6. The van der Waals surface area contributed by atoms with Crippen LogP contribution in [0.5, 0.6) is 0 Å². The number of thioether (sulfide) groups is 2. The Kier molecular flexibility index (Phi) is 8.46. The summed E-state index contributed by atoms with van der Waals surface area (Å²) in [4.78, 5) is 27.2. The number of nitrogens with zero attached hydrogens (tertiary/aromatic N) is 1. The van der Waals surface area contributed by atoms with Crippen molar-refractivity contribution in [2.75, 3.05) is 5.75 Å². The molecule has 3 rings (SSSR count). The van der Waals surface area contributed by atoms with Gasteiger partial charge in [-0.2, -0.15) is 0 Å². The minimum atomic E-state index is -1.95. The van der Waals surface area contributed by atoms with Crippen LogP contribution >= 0.6 is 23.5 Å². The van der Waals surface area contributed by atoms with E-state index in [9.17, 15) is 9.59 Å². The van der Waals surface area contributed by atoms with Gasteiger partial charge in [-0.1, -0.05) is 69.8 Å². The number of β-lactam (4-membered cyclic amide) rings is 1. The van der Waals surface area contributed by atoms with E-state index in [0.717, 1.165) is 21.9 Å². The van der Waals surface area contributed by atoms with Crippen molar-refractivity contribution in [1.29, 1.82) is 0 Å². The molecule has 0 saturated carbocycles. The summed E-state index contributed by atoms with van der Waals surface area (Å²) in [6.45, 7) is 15.9. The van der Waals surface area contributed by atoms with E-state index in [2.05, 4.69) is 46.1 Å². The zero-order chi connectivity index (χ0) is 24.4. The van der Waals surface area contributed by atoms with E-state index in [1.165, 1.54) is 0 Å². The van der Waals surface area contributed by atoms with Gasteiger partial charge in [0.25, 0.3) is 0 Å². The van der Waals surface area contributed by atoms with E-state index in [-0.39, 0.29) is 34.2 Å². The first-order valence-electron chi connectivity index (χ1n) is 11.8. The van der Waals surface area contributed by atoms with Gasteiger partial charge in [0, 0.05) is 24.4 Å². The van der Waals surface area contributed by atoms with Crippen molar-refractivity contribution in [3.05, 3.63) is 45.8 Å². The molecule has 0 radical (unpaired) electrons. The zero-order valence-corrected chi connectivity index (χ0v) is 23.6. The second-order valence-corrected chi connectivity index (χ2v) is 17.5. The van der Waals surface area contributed by atoms with Gasteiger partial charge in [-0.25, -0.2) is 0 Å². The van der Waals surface area contributed by atoms with Crippen LogP contribution in [0.1, 0.15) is 53.0 Å². The lowest BCUT2D eigenvalue weighted by Crippen LogP contribution is -2.62. The molecule has 1 aromatic rings. The molecule has 1 fully saturated rings. The van der Waals surface area contributed by atoms with Gasteiger partial charge in [-0.3, -0.25) is 9.59 Å². The van der Waals surface area contributed by atoms with Crippen LogP contribution in [0.15, 0.2) is 40.3 Å². The fourth-order valence-corrected chi connectivity index (χ4v) is 8.15. The van der Waals surface area contributed by atoms with E-state index >= 15 is 0 Å². The number of carbonyl (C=O) groups is 2. The van der Waals surface area contributed by atoms with Crippen LogP contribution in [0, 0.1) is 5.92 Å². The molecule has 3 atom stereocenters.